The molecule has 0 aliphatic carbocycles. The molecule has 6 nitrogen and oxygen atoms in total. The Morgan fingerprint density at radius 2 is 1.78 bits per heavy atom. The van der Waals surface area contributed by atoms with Crippen molar-refractivity contribution < 1.29 is 19.0 Å². The fourth-order valence-electron chi connectivity index (χ4n) is 4.32. The maximum Gasteiger partial charge on any atom is 0.344 e. The number of benzene rings is 4. The number of fused-ring (bicyclic) bond motifs is 2. The number of nitrogens with two attached hydrogens (primary N) is 1. The van der Waals surface area contributed by atoms with Crippen molar-refractivity contribution in [2.75, 3.05) is 6.61 Å². The number of esters is 1. The predicted molar refractivity (Wildman–Crippen MR) is 137 cm³/mol. The fourth-order valence-corrected chi connectivity index (χ4v) is 4.32. The van der Waals surface area contributed by atoms with E-state index in [-0.39, 0.29) is 5.88 Å². The molecule has 1 aliphatic heterocycles. The number of ether oxygens (including phenoxy) is 3. The summed E-state index contributed by atoms with van der Waals surface area (Å²) in [5.41, 5.74) is 8.49. The first-order valence-corrected chi connectivity index (χ1v) is 11.3. The minimum absolute atomic E-state index is 0.0134. The van der Waals surface area contributed by atoms with Crippen molar-refractivity contribution in [3.05, 3.63) is 126 Å². The molecular weight excluding hydrogens is 452 g/mol. The first-order valence-electron chi connectivity index (χ1n) is 11.3. The Morgan fingerprint density at radius 3 is 2.56 bits per heavy atom. The molecule has 1 aliphatic rings. The van der Waals surface area contributed by atoms with Gasteiger partial charge in [-0.05, 0) is 40.6 Å². The summed E-state index contributed by atoms with van der Waals surface area (Å²) in [6.07, 6.45) is 1.67. The summed E-state index contributed by atoms with van der Waals surface area (Å²) < 4.78 is 17.0. The van der Waals surface area contributed by atoms with Crippen LogP contribution in [0.1, 0.15) is 27.4 Å². The van der Waals surface area contributed by atoms with Crippen molar-refractivity contribution >= 4 is 16.7 Å². The van der Waals surface area contributed by atoms with Gasteiger partial charge in [0.15, 0.2) is 0 Å². The largest absolute Gasteiger partial charge is 0.490 e. The number of carbonyl (C=O) groups excluding carboxylic acids is 1. The zero-order valence-corrected chi connectivity index (χ0v) is 19.3. The van der Waals surface area contributed by atoms with E-state index in [1.807, 2.05) is 60.7 Å². The van der Waals surface area contributed by atoms with Crippen molar-refractivity contribution in [2.45, 2.75) is 5.92 Å². The molecule has 0 saturated carbocycles. The van der Waals surface area contributed by atoms with E-state index in [2.05, 4.69) is 12.6 Å². The monoisotopic (exact) mass is 474 g/mol. The van der Waals surface area contributed by atoms with Gasteiger partial charge in [-0.1, -0.05) is 67.3 Å². The normalized spacial score (nSPS) is 14.4. The van der Waals surface area contributed by atoms with E-state index >= 15 is 0 Å². The molecule has 176 valence electrons. The molecule has 36 heavy (non-hydrogen) atoms. The van der Waals surface area contributed by atoms with Gasteiger partial charge in [0.05, 0.1) is 11.5 Å². The molecule has 1 atom stereocenters. The lowest BCUT2D eigenvalue weighted by atomic mass is 9.83. The maximum atomic E-state index is 13.0. The third-order valence-electron chi connectivity index (χ3n) is 5.99. The summed E-state index contributed by atoms with van der Waals surface area (Å²) in [5, 5.41) is 11.6. The van der Waals surface area contributed by atoms with Crippen LogP contribution in [0.25, 0.3) is 10.8 Å². The third-order valence-corrected chi connectivity index (χ3v) is 5.99. The molecule has 6 heteroatoms. The van der Waals surface area contributed by atoms with Crippen molar-refractivity contribution in [3.8, 4) is 23.3 Å². The Labute approximate surface area is 208 Å². The van der Waals surface area contributed by atoms with Gasteiger partial charge in [0.25, 0.3) is 0 Å². The summed E-state index contributed by atoms with van der Waals surface area (Å²) in [6, 6.07) is 27.8. The fraction of sp³-hybridized carbons (Fsp3) is 0.0667. The molecule has 0 fully saturated rings. The van der Waals surface area contributed by atoms with Gasteiger partial charge in [0.1, 0.15) is 35.5 Å². The lowest BCUT2D eigenvalue weighted by molar-refractivity contribution is 0.0736. The van der Waals surface area contributed by atoms with Gasteiger partial charge in [0.2, 0.25) is 5.88 Å². The van der Waals surface area contributed by atoms with Crippen molar-refractivity contribution in [1.82, 2.24) is 0 Å². The third kappa shape index (κ3) is 4.26. The number of hydrogen-bond acceptors (Lipinski definition) is 6. The van der Waals surface area contributed by atoms with E-state index in [0.29, 0.717) is 35.0 Å². The van der Waals surface area contributed by atoms with Gasteiger partial charge in [-0.2, -0.15) is 5.26 Å². The number of nitriles is 1. The molecule has 0 spiro atoms. The van der Waals surface area contributed by atoms with Crippen LogP contribution in [0.15, 0.2) is 109 Å². The Hall–Kier alpha value is -5.02. The Bertz CT molecular complexity index is 1540. The second kappa shape index (κ2) is 9.69. The van der Waals surface area contributed by atoms with Crippen LogP contribution >= 0.6 is 0 Å². The lowest BCUT2D eigenvalue weighted by Crippen LogP contribution is -2.21. The molecule has 0 radical (unpaired) electrons. The highest BCUT2D eigenvalue weighted by molar-refractivity contribution is 6.05. The highest BCUT2D eigenvalue weighted by atomic mass is 16.5. The summed E-state index contributed by atoms with van der Waals surface area (Å²) >= 11 is 0. The summed E-state index contributed by atoms with van der Waals surface area (Å²) in [7, 11) is 0. The first kappa shape index (κ1) is 22.8. The quantitative estimate of drug-likeness (QED) is 0.214. The van der Waals surface area contributed by atoms with Crippen LogP contribution in [0.3, 0.4) is 0 Å². The first-order chi connectivity index (χ1) is 17.6. The summed E-state index contributed by atoms with van der Waals surface area (Å²) in [5.74, 6) is 0.528. The van der Waals surface area contributed by atoms with Crippen LogP contribution in [0, 0.1) is 11.3 Å². The van der Waals surface area contributed by atoms with Crippen LogP contribution < -0.4 is 19.9 Å². The molecule has 4 aromatic rings. The van der Waals surface area contributed by atoms with Crippen molar-refractivity contribution in [1.29, 1.82) is 5.26 Å². The molecule has 0 aromatic heterocycles. The summed E-state index contributed by atoms with van der Waals surface area (Å²) in [6.45, 7) is 4.05. The second-order valence-corrected chi connectivity index (χ2v) is 8.21. The second-order valence-electron chi connectivity index (χ2n) is 8.21. The average molecular weight is 475 g/mol. The van der Waals surface area contributed by atoms with Crippen LogP contribution in [0.4, 0.5) is 0 Å². The molecule has 0 bridgehead atoms. The van der Waals surface area contributed by atoms with Gasteiger partial charge >= 0.3 is 5.97 Å². The number of hydrogen-bond donors (Lipinski definition) is 1. The minimum Gasteiger partial charge on any atom is -0.490 e. The number of allylic oxidation sites excluding steroid dienone is 1. The van der Waals surface area contributed by atoms with E-state index < -0.39 is 11.9 Å². The standard InChI is InChI=1S/C30H22N2O4/c1-2-16-34-21-12-10-20(11-13-21)28-25-15-14-22(17-27(25)36-29(32)26(28)18-31)35-30(33)24-9-5-7-19-6-3-4-8-23(19)24/h2-15,17,28H,1,16,32H2. The van der Waals surface area contributed by atoms with Gasteiger partial charge in [0, 0.05) is 11.6 Å². The summed E-state index contributed by atoms with van der Waals surface area (Å²) in [4.78, 5) is 13.0. The zero-order valence-electron chi connectivity index (χ0n) is 19.3. The predicted octanol–water partition coefficient (Wildman–Crippen LogP) is 5.84. The van der Waals surface area contributed by atoms with Gasteiger partial charge in [-0.15, -0.1) is 0 Å². The topological polar surface area (TPSA) is 94.6 Å². The van der Waals surface area contributed by atoms with E-state index in [9.17, 15) is 10.1 Å². The van der Waals surface area contributed by atoms with Crippen molar-refractivity contribution in [3.63, 3.8) is 0 Å². The van der Waals surface area contributed by atoms with Crippen LogP contribution in [0.5, 0.6) is 17.2 Å². The van der Waals surface area contributed by atoms with Crippen LogP contribution in [-0.2, 0) is 0 Å². The lowest BCUT2D eigenvalue weighted by Gasteiger charge is -2.26. The van der Waals surface area contributed by atoms with E-state index in [1.54, 1.807) is 30.3 Å². The molecule has 0 amide bonds. The minimum atomic E-state index is -0.476. The molecule has 5 rings (SSSR count). The number of nitrogens with zero attached hydrogens (tertiary/aromatic N) is 1. The number of rotatable bonds is 6. The Balaban J connectivity index is 1.46. The molecule has 2 N–H and O–H groups in total. The molecular formula is C30H22N2O4. The van der Waals surface area contributed by atoms with E-state index in [4.69, 9.17) is 19.9 Å². The SMILES string of the molecule is C=CCOc1ccc(C2C(C#N)=C(N)Oc3cc(OC(=O)c4cccc5ccccc45)ccc32)cc1. The molecule has 0 saturated heterocycles. The zero-order chi connectivity index (χ0) is 25.1. The van der Waals surface area contributed by atoms with Crippen LogP contribution in [0.2, 0.25) is 0 Å². The Kier molecular flexibility index (Phi) is 6.12. The Morgan fingerprint density at radius 1 is 1.03 bits per heavy atom. The molecule has 4 aromatic carbocycles. The molecule has 1 heterocycles. The number of carbonyl (C=O) groups is 1. The smallest absolute Gasteiger partial charge is 0.344 e. The van der Waals surface area contributed by atoms with Gasteiger partial charge < -0.3 is 19.9 Å². The van der Waals surface area contributed by atoms with Gasteiger partial charge in [-0.25, -0.2) is 4.79 Å². The highest BCUT2D eigenvalue weighted by Crippen LogP contribution is 2.43. The average Bonchev–Trinajstić information content (AvgIpc) is 2.91. The van der Waals surface area contributed by atoms with E-state index in [1.165, 1.54) is 0 Å². The molecule has 1 unspecified atom stereocenters. The maximum absolute atomic E-state index is 13.0. The highest BCUT2D eigenvalue weighted by Gasteiger charge is 2.31. The van der Waals surface area contributed by atoms with Crippen molar-refractivity contribution in [2.24, 2.45) is 5.73 Å². The van der Waals surface area contributed by atoms with Gasteiger partial charge in [-0.3, -0.25) is 0 Å². The van der Waals surface area contributed by atoms with E-state index in [0.717, 1.165) is 21.9 Å². The van der Waals surface area contributed by atoms with Crippen LogP contribution in [-0.4, -0.2) is 12.6 Å².